The van der Waals surface area contributed by atoms with Crippen LogP contribution < -0.4 is 0 Å². The summed E-state index contributed by atoms with van der Waals surface area (Å²) in [6, 6.07) is 18.5. The van der Waals surface area contributed by atoms with E-state index in [1.807, 2.05) is 60.7 Å². The highest BCUT2D eigenvalue weighted by atomic mass is 16.5. The second kappa shape index (κ2) is 10.7. The van der Waals surface area contributed by atoms with Gasteiger partial charge in [-0.15, -0.1) is 0 Å². The average molecular weight is 409 g/mol. The molecule has 0 spiro atoms. The van der Waals surface area contributed by atoms with Crippen LogP contribution in [0.3, 0.4) is 0 Å². The predicted octanol–water partition coefficient (Wildman–Crippen LogP) is 3.24. The number of aliphatic carboxylic acids is 1. The SMILES string of the molecule is O=C(CCC(=O)N1CCC[C@H]1C(=O)O)[C@H](Cc1ccccc1)OCc1ccccc1. The molecule has 0 bridgehead atoms. The highest BCUT2D eigenvalue weighted by molar-refractivity contribution is 5.89. The quantitative estimate of drug-likeness (QED) is 0.651. The van der Waals surface area contributed by atoms with Crippen LogP contribution in [0.2, 0.25) is 0 Å². The summed E-state index contributed by atoms with van der Waals surface area (Å²) in [5, 5.41) is 9.26. The Morgan fingerprint density at radius 2 is 1.60 bits per heavy atom. The molecular formula is C24H27NO5. The lowest BCUT2D eigenvalue weighted by Crippen LogP contribution is -2.40. The van der Waals surface area contributed by atoms with Crippen LogP contribution in [0.5, 0.6) is 0 Å². The summed E-state index contributed by atoms with van der Waals surface area (Å²) in [4.78, 5) is 38.1. The van der Waals surface area contributed by atoms with E-state index in [-0.39, 0.29) is 24.5 Å². The van der Waals surface area contributed by atoms with E-state index in [0.29, 0.717) is 32.4 Å². The summed E-state index contributed by atoms with van der Waals surface area (Å²) >= 11 is 0. The van der Waals surface area contributed by atoms with Crippen LogP contribution in [0.4, 0.5) is 0 Å². The van der Waals surface area contributed by atoms with E-state index in [1.54, 1.807) is 0 Å². The lowest BCUT2D eigenvalue weighted by molar-refractivity contribution is -0.148. The summed E-state index contributed by atoms with van der Waals surface area (Å²) in [6.45, 7) is 0.743. The molecule has 1 aliphatic rings. The Morgan fingerprint density at radius 3 is 2.23 bits per heavy atom. The van der Waals surface area contributed by atoms with E-state index in [2.05, 4.69) is 0 Å². The summed E-state index contributed by atoms with van der Waals surface area (Å²) < 4.78 is 5.94. The minimum atomic E-state index is -0.986. The van der Waals surface area contributed by atoms with Crippen molar-refractivity contribution in [1.29, 1.82) is 0 Å². The topological polar surface area (TPSA) is 83.9 Å². The van der Waals surface area contributed by atoms with Gasteiger partial charge in [-0.3, -0.25) is 9.59 Å². The van der Waals surface area contributed by atoms with Gasteiger partial charge < -0.3 is 14.7 Å². The summed E-state index contributed by atoms with van der Waals surface area (Å²) in [5.41, 5.74) is 1.96. The molecule has 6 heteroatoms. The normalized spacial score (nSPS) is 16.9. The van der Waals surface area contributed by atoms with E-state index in [4.69, 9.17) is 4.74 Å². The number of ether oxygens (including phenoxy) is 1. The molecule has 0 unspecified atom stereocenters. The molecule has 2 aromatic carbocycles. The van der Waals surface area contributed by atoms with Crippen LogP contribution in [0, 0.1) is 0 Å². The second-order valence-corrected chi connectivity index (χ2v) is 7.52. The number of hydrogen-bond acceptors (Lipinski definition) is 4. The molecule has 2 atom stereocenters. The van der Waals surface area contributed by atoms with E-state index >= 15 is 0 Å². The number of hydrogen-bond donors (Lipinski definition) is 1. The predicted molar refractivity (Wildman–Crippen MR) is 112 cm³/mol. The van der Waals surface area contributed by atoms with Crippen molar-refractivity contribution in [2.45, 2.75) is 50.9 Å². The smallest absolute Gasteiger partial charge is 0.326 e. The number of carboxylic acids is 1. The van der Waals surface area contributed by atoms with Crippen LogP contribution in [0.1, 0.15) is 36.8 Å². The monoisotopic (exact) mass is 409 g/mol. The van der Waals surface area contributed by atoms with Gasteiger partial charge in [0.25, 0.3) is 0 Å². The molecule has 1 N–H and O–H groups in total. The maximum atomic E-state index is 12.9. The van der Waals surface area contributed by atoms with E-state index in [1.165, 1.54) is 4.90 Å². The third kappa shape index (κ3) is 6.00. The summed E-state index contributed by atoms with van der Waals surface area (Å²) in [7, 11) is 0. The van der Waals surface area contributed by atoms with E-state index < -0.39 is 18.1 Å². The molecule has 1 heterocycles. The van der Waals surface area contributed by atoms with Crippen molar-refractivity contribution in [2.75, 3.05) is 6.54 Å². The van der Waals surface area contributed by atoms with Crippen molar-refractivity contribution in [3.05, 3.63) is 71.8 Å². The van der Waals surface area contributed by atoms with Crippen LogP contribution in [-0.4, -0.2) is 46.4 Å². The van der Waals surface area contributed by atoms with Gasteiger partial charge in [0, 0.05) is 25.8 Å². The molecule has 2 aromatic rings. The Labute approximate surface area is 176 Å². The molecule has 3 rings (SSSR count). The van der Waals surface area contributed by atoms with Gasteiger partial charge in [0.1, 0.15) is 12.1 Å². The molecule has 1 fully saturated rings. The van der Waals surface area contributed by atoms with Crippen LogP contribution in [-0.2, 0) is 32.1 Å². The fourth-order valence-corrected chi connectivity index (χ4v) is 3.72. The van der Waals surface area contributed by atoms with Crippen molar-refractivity contribution in [3.8, 4) is 0 Å². The van der Waals surface area contributed by atoms with Crippen molar-refractivity contribution in [1.82, 2.24) is 4.90 Å². The zero-order chi connectivity index (χ0) is 21.3. The number of carbonyl (C=O) groups excluding carboxylic acids is 2. The Bertz CT molecular complexity index is 852. The van der Waals surface area contributed by atoms with Gasteiger partial charge in [0.15, 0.2) is 5.78 Å². The van der Waals surface area contributed by atoms with Gasteiger partial charge in [0.2, 0.25) is 5.91 Å². The molecule has 0 aromatic heterocycles. The number of rotatable bonds is 10. The van der Waals surface area contributed by atoms with Gasteiger partial charge in [-0.25, -0.2) is 4.79 Å². The van der Waals surface area contributed by atoms with Gasteiger partial charge in [-0.05, 0) is 24.0 Å². The number of carbonyl (C=O) groups is 3. The van der Waals surface area contributed by atoms with Crippen molar-refractivity contribution in [2.24, 2.45) is 0 Å². The number of benzene rings is 2. The fourth-order valence-electron chi connectivity index (χ4n) is 3.72. The van der Waals surface area contributed by atoms with Crippen LogP contribution >= 0.6 is 0 Å². The van der Waals surface area contributed by atoms with Crippen molar-refractivity contribution in [3.63, 3.8) is 0 Å². The first-order chi connectivity index (χ1) is 14.5. The number of Topliss-reactive ketones (excluding diaryl/α,β-unsaturated/α-hetero) is 1. The molecule has 6 nitrogen and oxygen atoms in total. The Morgan fingerprint density at radius 1 is 0.967 bits per heavy atom. The van der Waals surface area contributed by atoms with Crippen LogP contribution in [0.15, 0.2) is 60.7 Å². The third-order valence-electron chi connectivity index (χ3n) is 5.36. The largest absolute Gasteiger partial charge is 0.480 e. The minimum Gasteiger partial charge on any atom is -0.480 e. The maximum absolute atomic E-state index is 12.9. The molecule has 158 valence electrons. The van der Waals surface area contributed by atoms with Gasteiger partial charge in [-0.1, -0.05) is 60.7 Å². The lowest BCUT2D eigenvalue weighted by Gasteiger charge is -2.22. The van der Waals surface area contributed by atoms with Gasteiger partial charge >= 0.3 is 5.97 Å². The minimum absolute atomic E-state index is 0.00258. The van der Waals surface area contributed by atoms with E-state index in [9.17, 15) is 19.5 Å². The first-order valence-electron chi connectivity index (χ1n) is 10.3. The Hall–Kier alpha value is -2.99. The first kappa shape index (κ1) is 21.7. The highest BCUT2D eigenvalue weighted by Gasteiger charge is 2.34. The number of ketones is 1. The molecule has 1 amide bonds. The van der Waals surface area contributed by atoms with E-state index in [0.717, 1.165) is 11.1 Å². The first-order valence-corrected chi connectivity index (χ1v) is 10.3. The summed E-state index contributed by atoms with van der Waals surface area (Å²) in [5.74, 6) is -1.41. The van der Waals surface area contributed by atoms with Crippen LogP contribution in [0.25, 0.3) is 0 Å². The Kier molecular flexibility index (Phi) is 7.74. The zero-order valence-corrected chi connectivity index (χ0v) is 16.9. The maximum Gasteiger partial charge on any atom is 0.326 e. The Balaban J connectivity index is 1.60. The molecule has 1 aliphatic heterocycles. The average Bonchev–Trinajstić information content (AvgIpc) is 3.26. The number of carboxylic acid groups (broad SMARTS) is 1. The van der Waals surface area contributed by atoms with Gasteiger partial charge in [-0.2, -0.15) is 0 Å². The van der Waals surface area contributed by atoms with Gasteiger partial charge in [0.05, 0.1) is 6.61 Å². The zero-order valence-electron chi connectivity index (χ0n) is 16.9. The second-order valence-electron chi connectivity index (χ2n) is 7.52. The standard InChI is InChI=1S/C24H27NO5/c26-21(13-14-23(27)25-15-7-12-20(25)24(28)29)22(16-18-8-3-1-4-9-18)30-17-19-10-5-2-6-11-19/h1-6,8-11,20,22H,7,12-17H2,(H,28,29)/t20-,22-/m0/s1. The molecule has 0 radical (unpaired) electrons. The molecule has 0 saturated carbocycles. The van der Waals surface area contributed by atoms with Crippen molar-refractivity contribution >= 4 is 17.7 Å². The highest BCUT2D eigenvalue weighted by Crippen LogP contribution is 2.20. The molecular weight excluding hydrogens is 382 g/mol. The lowest BCUT2D eigenvalue weighted by atomic mass is 10.0. The summed E-state index contributed by atoms with van der Waals surface area (Å²) in [6.07, 6.45) is 0.951. The molecule has 30 heavy (non-hydrogen) atoms. The van der Waals surface area contributed by atoms with Crippen molar-refractivity contribution < 1.29 is 24.2 Å². The molecule has 0 aliphatic carbocycles. The number of amides is 1. The fraction of sp³-hybridized carbons (Fsp3) is 0.375. The third-order valence-corrected chi connectivity index (χ3v) is 5.36. The number of likely N-dealkylation sites (tertiary alicyclic amines) is 1. The number of nitrogens with zero attached hydrogens (tertiary/aromatic N) is 1. The molecule has 1 saturated heterocycles.